The van der Waals surface area contributed by atoms with Gasteiger partial charge in [0.1, 0.15) is 5.75 Å². The quantitative estimate of drug-likeness (QED) is 0.814. The molecule has 0 bridgehead atoms. The number of amides is 1. The molecule has 0 aliphatic rings. The second-order valence-electron chi connectivity index (χ2n) is 5.11. The number of rotatable bonds is 6. The first-order valence-electron chi connectivity index (χ1n) is 6.21. The molecule has 0 heterocycles. The third-order valence-corrected chi connectivity index (χ3v) is 3.46. The number of carbonyl (C=O) groups is 1. The number of benzene rings is 1. The minimum absolute atomic E-state index is 0. The summed E-state index contributed by atoms with van der Waals surface area (Å²) in [5, 5.41) is 2.91. The Morgan fingerprint density at radius 3 is 2.60 bits per heavy atom. The maximum Gasteiger partial charge on any atom is 0.220 e. The molecule has 0 aliphatic carbocycles. The van der Waals surface area contributed by atoms with Gasteiger partial charge in [-0.05, 0) is 53.9 Å². The van der Waals surface area contributed by atoms with Gasteiger partial charge in [-0.15, -0.1) is 12.4 Å². The number of halogens is 2. The second kappa shape index (κ2) is 8.49. The molecular weight excluding hydrogens is 344 g/mol. The maximum atomic E-state index is 11.8. The molecule has 20 heavy (non-hydrogen) atoms. The molecule has 1 aromatic carbocycles. The Morgan fingerprint density at radius 2 is 2.10 bits per heavy atom. The van der Waals surface area contributed by atoms with Gasteiger partial charge < -0.3 is 15.8 Å². The molecular formula is C14H22BrClN2O2. The van der Waals surface area contributed by atoms with Crippen LogP contribution in [0.1, 0.15) is 25.8 Å². The predicted octanol–water partition coefficient (Wildman–Crippen LogP) is 2.67. The molecule has 0 saturated carbocycles. The highest BCUT2D eigenvalue weighted by Crippen LogP contribution is 2.25. The molecule has 6 heteroatoms. The van der Waals surface area contributed by atoms with Crippen molar-refractivity contribution in [2.75, 3.05) is 13.7 Å². The summed E-state index contributed by atoms with van der Waals surface area (Å²) in [5.74, 6) is 0.805. The second-order valence-corrected chi connectivity index (χ2v) is 5.96. The van der Waals surface area contributed by atoms with Crippen LogP contribution in [0.15, 0.2) is 22.7 Å². The highest BCUT2D eigenvalue weighted by molar-refractivity contribution is 9.10. The molecule has 1 rings (SSSR count). The number of ether oxygens (including phenoxy) is 1. The Kier molecular flexibility index (Phi) is 8.16. The van der Waals surface area contributed by atoms with Gasteiger partial charge in [0.15, 0.2) is 0 Å². The first-order valence-corrected chi connectivity index (χ1v) is 7.01. The van der Waals surface area contributed by atoms with Gasteiger partial charge in [0.05, 0.1) is 11.6 Å². The van der Waals surface area contributed by atoms with Gasteiger partial charge in [0.2, 0.25) is 5.91 Å². The van der Waals surface area contributed by atoms with Crippen LogP contribution in [-0.2, 0) is 11.2 Å². The topological polar surface area (TPSA) is 64.3 Å². The van der Waals surface area contributed by atoms with Crippen LogP contribution in [0.3, 0.4) is 0 Å². The molecule has 1 aromatic rings. The number of aryl methyl sites for hydroxylation is 1. The van der Waals surface area contributed by atoms with E-state index < -0.39 is 0 Å². The van der Waals surface area contributed by atoms with Crippen molar-refractivity contribution in [2.24, 2.45) is 5.73 Å². The van der Waals surface area contributed by atoms with Gasteiger partial charge in [-0.2, -0.15) is 0 Å². The van der Waals surface area contributed by atoms with Gasteiger partial charge in [0, 0.05) is 18.5 Å². The monoisotopic (exact) mass is 364 g/mol. The van der Waals surface area contributed by atoms with Gasteiger partial charge in [-0.1, -0.05) is 6.07 Å². The first-order chi connectivity index (χ1) is 8.88. The average molecular weight is 366 g/mol. The zero-order valence-corrected chi connectivity index (χ0v) is 14.4. The molecule has 0 aliphatic heterocycles. The number of carbonyl (C=O) groups excluding carboxylic acids is 1. The summed E-state index contributed by atoms with van der Waals surface area (Å²) in [5.41, 5.74) is 6.32. The van der Waals surface area contributed by atoms with Gasteiger partial charge in [-0.3, -0.25) is 4.79 Å². The summed E-state index contributed by atoms with van der Waals surface area (Å²) >= 11 is 3.43. The van der Waals surface area contributed by atoms with E-state index in [9.17, 15) is 4.79 Å². The van der Waals surface area contributed by atoms with Crippen molar-refractivity contribution in [1.82, 2.24) is 5.32 Å². The standard InChI is InChI=1S/C14H21BrN2O2.ClH/c1-14(2,9-16)17-13(18)7-5-10-4-6-12(19-3)11(15)8-10;/h4,6,8H,5,7,9,16H2,1-3H3,(H,17,18);1H. The van der Waals surface area contributed by atoms with Crippen molar-refractivity contribution >= 4 is 34.2 Å². The van der Waals surface area contributed by atoms with Crippen molar-refractivity contribution in [1.29, 1.82) is 0 Å². The van der Waals surface area contributed by atoms with E-state index in [1.807, 2.05) is 32.0 Å². The summed E-state index contributed by atoms with van der Waals surface area (Å²) in [6.07, 6.45) is 1.14. The molecule has 0 fully saturated rings. The smallest absolute Gasteiger partial charge is 0.220 e. The van der Waals surface area contributed by atoms with Crippen molar-refractivity contribution in [2.45, 2.75) is 32.2 Å². The summed E-state index contributed by atoms with van der Waals surface area (Å²) in [6.45, 7) is 4.25. The largest absolute Gasteiger partial charge is 0.496 e. The van der Waals surface area contributed by atoms with E-state index in [-0.39, 0.29) is 23.9 Å². The molecule has 1 amide bonds. The lowest BCUT2D eigenvalue weighted by atomic mass is 10.0. The lowest BCUT2D eigenvalue weighted by Gasteiger charge is -2.24. The third-order valence-electron chi connectivity index (χ3n) is 2.85. The average Bonchev–Trinajstić information content (AvgIpc) is 2.36. The molecule has 0 aromatic heterocycles. The van der Waals surface area contributed by atoms with E-state index in [1.54, 1.807) is 7.11 Å². The SMILES string of the molecule is COc1ccc(CCC(=O)NC(C)(C)CN)cc1Br.Cl. The van der Waals surface area contributed by atoms with E-state index in [4.69, 9.17) is 10.5 Å². The van der Waals surface area contributed by atoms with Crippen LogP contribution < -0.4 is 15.8 Å². The molecule has 3 N–H and O–H groups in total. The number of hydrogen-bond acceptors (Lipinski definition) is 3. The van der Waals surface area contributed by atoms with Crippen molar-refractivity contribution < 1.29 is 9.53 Å². The lowest BCUT2D eigenvalue weighted by Crippen LogP contribution is -2.48. The van der Waals surface area contributed by atoms with Gasteiger partial charge in [-0.25, -0.2) is 0 Å². The van der Waals surface area contributed by atoms with E-state index in [0.29, 0.717) is 19.4 Å². The van der Waals surface area contributed by atoms with Gasteiger partial charge in [0.25, 0.3) is 0 Å². The number of nitrogens with one attached hydrogen (secondary N) is 1. The van der Waals surface area contributed by atoms with E-state index in [1.165, 1.54) is 0 Å². The highest BCUT2D eigenvalue weighted by Gasteiger charge is 2.17. The minimum Gasteiger partial charge on any atom is -0.496 e. The fraction of sp³-hybridized carbons (Fsp3) is 0.500. The van der Waals surface area contributed by atoms with Gasteiger partial charge >= 0.3 is 0 Å². The Labute approximate surface area is 135 Å². The minimum atomic E-state index is -0.350. The highest BCUT2D eigenvalue weighted by atomic mass is 79.9. The Balaban J connectivity index is 0.00000361. The summed E-state index contributed by atoms with van der Waals surface area (Å²) in [7, 11) is 1.63. The van der Waals surface area contributed by atoms with Crippen molar-refractivity contribution in [3.05, 3.63) is 28.2 Å². The van der Waals surface area contributed by atoms with E-state index in [2.05, 4.69) is 21.2 Å². The fourth-order valence-corrected chi connectivity index (χ4v) is 2.20. The van der Waals surface area contributed by atoms with Crippen LogP contribution in [0.2, 0.25) is 0 Å². The number of nitrogens with two attached hydrogens (primary N) is 1. The number of hydrogen-bond donors (Lipinski definition) is 2. The molecule has 0 spiro atoms. The van der Waals surface area contributed by atoms with Crippen LogP contribution in [-0.4, -0.2) is 25.1 Å². The molecule has 0 unspecified atom stereocenters. The summed E-state index contributed by atoms with van der Waals surface area (Å²) in [6, 6.07) is 5.83. The summed E-state index contributed by atoms with van der Waals surface area (Å²) < 4.78 is 6.06. The van der Waals surface area contributed by atoms with Crippen LogP contribution in [0, 0.1) is 0 Å². The Hall–Kier alpha value is -0.780. The molecule has 4 nitrogen and oxygen atoms in total. The molecule has 0 radical (unpaired) electrons. The van der Waals surface area contributed by atoms with Crippen molar-refractivity contribution in [3.8, 4) is 5.75 Å². The molecule has 114 valence electrons. The van der Waals surface area contributed by atoms with E-state index in [0.717, 1.165) is 15.8 Å². The summed E-state index contributed by atoms with van der Waals surface area (Å²) in [4.78, 5) is 11.8. The Morgan fingerprint density at radius 1 is 1.45 bits per heavy atom. The third kappa shape index (κ3) is 6.11. The van der Waals surface area contributed by atoms with Crippen molar-refractivity contribution in [3.63, 3.8) is 0 Å². The Bertz CT molecular complexity index is 453. The molecule has 0 saturated heterocycles. The van der Waals surface area contributed by atoms with Crippen LogP contribution >= 0.6 is 28.3 Å². The zero-order chi connectivity index (χ0) is 14.5. The normalized spacial score (nSPS) is 10.7. The first kappa shape index (κ1) is 19.2. The lowest BCUT2D eigenvalue weighted by molar-refractivity contribution is -0.122. The molecule has 0 atom stereocenters. The number of methoxy groups -OCH3 is 1. The van der Waals surface area contributed by atoms with E-state index >= 15 is 0 Å². The van der Waals surface area contributed by atoms with Crippen LogP contribution in [0.5, 0.6) is 5.75 Å². The maximum absolute atomic E-state index is 11.8. The predicted molar refractivity (Wildman–Crippen MR) is 87.5 cm³/mol. The van der Waals surface area contributed by atoms with Crippen LogP contribution in [0.4, 0.5) is 0 Å². The zero-order valence-electron chi connectivity index (χ0n) is 12.0. The fourth-order valence-electron chi connectivity index (χ4n) is 1.61. The van der Waals surface area contributed by atoms with Crippen LogP contribution in [0.25, 0.3) is 0 Å².